The Morgan fingerprint density at radius 1 is 1.14 bits per heavy atom. The predicted molar refractivity (Wildman–Crippen MR) is 92.4 cm³/mol. The molecule has 0 aliphatic carbocycles. The first-order chi connectivity index (χ1) is 13.1. The lowest BCUT2D eigenvalue weighted by Crippen LogP contribution is -2.36. The molecule has 0 aliphatic rings. The molecule has 0 bridgehead atoms. The Labute approximate surface area is 161 Å². The maximum Gasteiger partial charge on any atom is 0.289 e. The van der Waals surface area contributed by atoms with Gasteiger partial charge in [0.15, 0.2) is 29.0 Å². The Hall–Kier alpha value is -2.88. The molecule has 0 N–H and O–H groups in total. The van der Waals surface area contributed by atoms with Crippen molar-refractivity contribution in [3.8, 4) is 17.2 Å². The van der Waals surface area contributed by atoms with E-state index < -0.39 is 34.1 Å². The first kappa shape index (κ1) is 19.9. The number of nitrogens with zero attached hydrogens (tertiary/aromatic N) is 4. The van der Waals surface area contributed by atoms with E-state index in [-0.39, 0.29) is 29.2 Å². The summed E-state index contributed by atoms with van der Waals surface area (Å²) >= 11 is 6.03. The monoisotopic (exact) mass is 414 g/mol. The van der Waals surface area contributed by atoms with Gasteiger partial charge in [-0.15, -0.1) is 10.2 Å². The van der Waals surface area contributed by atoms with Crippen molar-refractivity contribution in [2.24, 2.45) is 0 Å². The highest BCUT2D eigenvalue weighted by Crippen LogP contribution is 2.25. The van der Waals surface area contributed by atoms with Gasteiger partial charge in [0.2, 0.25) is 0 Å². The minimum absolute atomic E-state index is 0.00840. The van der Waals surface area contributed by atoms with Crippen LogP contribution in [0.25, 0.3) is 11.5 Å². The van der Waals surface area contributed by atoms with Gasteiger partial charge in [0, 0.05) is 6.07 Å². The van der Waals surface area contributed by atoms with Gasteiger partial charge >= 0.3 is 0 Å². The zero-order valence-corrected chi connectivity index (χ0v) is 15.7. The van der Waals surface area contributed by atoms with Crippen LogP contribution in [0.2, 0.25) is 5.02 Å². The van der Waals surface area contributed by atoms with E-state index in [0.29, 0.717) is 12.1 Å². The molecule has 11 heteroatoms. The van der Waals surface area contributed by atoms with Gasteiger partial charge in [0.05, 0.1) is 17.3 Å². The molecule has 0 spiro atoms. The maximum absolute atomic E-state index is 13.8. The van der Waals surface area contributed by atoms with E-state index in [1.54, 1.807) is 20.8 Å². The normalized spacial score (nSPS) is 11.7. The number of benzene rings is 1. The lowest BCUT2D eigenvalue weighted by molar-refractivity contribution is 0.258. The number of rotatable bonds is 4. The van der Waals surface area contributed by atoms with Crippen LogP contribution in [0.15, 0.2) is 27.5 Å². The second-order valence-corrected chi connectivity index (χ2v) is 7.12. The number of halogens is 4. The SMILES string of the molecule is CC(C)(C)n1ncc(OCc2nnc(-c3cc(F)c(F)cc3F)o2)c(Cl)c1=O. The van der Waals surface area contributed by atoms with E-state index in [1.807, 2.05) is 0 Å². The highest BCUT2D eigenvalue weighted by molar-refractivity contribution is 6.31. The van der Waals surface area contributed by atoms with Gasteiger partial charge < -0.3 is 9.15 Å². The lowest BCUT2D eigenvalue weighted by Gasteiger charge is -2.21. The van der Waals surface area contributed by atoms with Crippen LogP contribution in [0.1, 0.15) is 26.7 Å². The first-order valence-electron chi connectivity index (χ1n) is 7.96. The molecule has 0 fully saturated rings. The van der Waals surface area contributed by atoms with Gasteiger partial charge in [0.25, 0.3) is 17.3 Å². The van der Waals surface area contributed by atoms with Crippen LogP contribution in [-0.2, 0) is 12.1 Å². The van der Waals surface area contributed by atoms with Gasteiger partial charge in [-0.05, 0) is 26.8 Å². The van der Waals surface area contributed by atoms with Gasteiger partial charge in [-0.25, -0.2) is 17.9 Å². The summed E-state index contributed by atoms with van der Waals surface area (Å²) in [6.07, 6.45) is 1.27. The summed E-state index contributed by atoms with van der Waals surface area (Å²) in [4.78, 5) is 12.3. The zero-order valence-electron chi connectivity index (χ0n) is 15.0. The minimum atomic E-state index is -1.34. The van der Waals surface area contributed by atoms with Crippen LogP contribution in [0, 0.1) is 17.5 Å². The number of hydrogen-bond acceptors (Lipinski definition) is 6. The second-order valence-electron chi connectivity index (χ2n) is 6.75. The lowest BCUT2D eigenvalue weighted by atomic mass is 10.1. The molecule has 0 aliphatic heterocycles. The van der Waals surface area contributed by atoms with Crippen molar-refractivity contribution in [3.05, 3.63) is 57.0 Å². The van der Waals surface area contributed by atoms with Crippen molar-refractivity contribution in [1.82, 2.24) is 20.0 Å². The fourth-order valence-electron chi connectivity index (χ4n) is 2.24. The molecule has 28 heavy (non-hydrogen) atoms. The van der Waals surface area contributed by atoms with Crippen molar-refractivity contribution in [2.45, 2.75) is 32.9 Å². The van der Waals surface area contributed by atoms with Crippen molar-refractivity contribution < 1.29 is 22.3 Å². The van der Waals surface area contributed by atoms with E-state index in [0.717, 1.165) is 0 Å². The summed E-state index contributed by atoms with van der Waals surface area (Å²) in [7, 11) is 0. The molecule has 7 nitrogen and oxygen atoms in total. The maximum atomic E-state index is 13.8. The highest BCUT2D eigenvalue weighted by Gasteiger charge is 2.21. The van der Waals surface area contributed by atoms with Crippen LogP contribution < -0.4 is 10.3 Å². The van der Waals surface area contributed by atoms with Crippen molar-refractivity contribution in [1.29, 1.82) is 0 Å². The minimum Gasteiger partial charge on any atom is -0.480 e. The number of aromatic nitrogens is 4. The van der Waals surface area contributed by atoms with Crippen LogP contribution in [0.4, 0.5) is 13.2 Å². The molecule has 0 radical (unpaired) electrons. The molecule has 148 valence electrons. The van der Waals surface area contributed by atoms with Gasteiger partial charge in [0.1, 0.15) is 5.82 Å². The summed E-state index contributed by atoms with van der Waals surface area (Å²) < 4.78 is 51.9. The second kappa shape index (κ2) is 7.27. The first-order valence-corrected chi connectivity index (χ1v) is 8.34. The summed E-state index contributed by atoms with van der Waals surface area (Å²) in [5.41, 5.74) is -1.51. The van der Waals surface area contributed by atoms with Crippen LogP contribution in [0.3, 0.4) is 0 Å². The van der Waals surface area contributed by atoms with Gasteiger partial charge in [-0.3, -0.25) is 4.79 Å². The summed E-state index contributed by atoms with van der Waals surface area (Å²) in [5.74, 6) is -4.13. The molecule has 0 unspecified atom stereocenters. The van der Waals surface area contributed by atoms with Gasteiger partial charge in [-0.1, -0.05) is 11.6 Å². The van der Waals surface area contributed by atoms with E-state index in [1.165, 1.54) is 10.9 Å². The number of ether oxygens (including phenoxy) is 1. The average molecular weight is 415 g/mol. The largest absolute Gasteiger partial charge is 0.480 e. The Bertz CT molecular complexity index is 1090. The standard InChI is InChI=1S/C17H14ClF3N4O3/c1-17(2,3)25-16(26)14(18)12(6-22-25)27-7-13-23-24-15(28-13)8-4-10(20)11(21)5-9(8)19/h4-6H,7H2,1-3H3. The third kappa shape index (κ3) is 3.86. The topological polar surface area (TPSA) is 83.0 Å². The fraction of sp³-hybridized carbons (Fsp3) is 0.294. The smallest absolute Gasteiger partial charge is 0.289 e. The Kier molecular flexibility index (Phi) is 5.16. The molecule has 0 atom stereocenters. The Morgan fingerprint density at radius 3 is 2.50 bits per heavy atom. The van der Waals surface area contributed by atoms with Crippen LogP contribution in [-0.4, -0.2) is 20.0 Å². The predicted octanol–water partition coefficient (Wildman–Crippen LogP) is 3.70. The number of hydrogen-bond donors (Lipinski definition) is 0. The van der Waals surface area contributed by atoms with Crippen LogP contribution in [0.5, 0.6) is 5.75 Å². The molecule has 2 heterocycles. The Morgan fingerprint density at radius 2 is 1.82 bits per heavy atom. The Balaban J connectivity index is 1.80. The molecular formula is C17H14ClF3N4O3. The fourth-order valence-corrected chi connectivity index (χ4v) is 2.43. The van der Waals surface area contributed by atoms with Crippen molar-refractivity contribution in [2.75, 3.05) is 0 Å². The third-order valence-corrected chi connectivity index (χ3v) is 3.93. The average Bonchev–Trinajstić information content (AvgIpc) is 3.07. The summed E-state index contributed by atoms with van der Waals surface area (Å²) in [6.45, 7) is 5.06. The quantitative estimate of drug-likeness (QED) is 0.605. The van der Waals surface area contributed by atoms with Crippen molar-refractivity contribution in [3.63, 3.8) is 0 Å². The molecule has 1 aromatic carbocycles. The summed E-state index contributed by atoms with van der Waals surface area (Å²) in [5, 5.41) is 11.0. The molecule has 2 aromatic heterocycles. The molecule has 3 rings (SSSR count). The van der Waals surface area contributed by atoms with E-state index in [9.17, 15) is 18.0 Å². The molecule has 3 aromatic rings. The molecule has 0 amide bonds. The van der Waals surface area contributed by atoms with E-state index in [2.05, 4.69) is 15.3 Å². The molecule has 0 saturated heterocycles. The van der Waals surface area contributed by atoms with E-state index in [4.69, 9.17) is 20.8 Å². The highest BCUT2D eigenvalue weighted by atomic mass is 35.5. The van der Waals surface area contributed by atoms with Crippen molar-refractivity contribution >= 4 is 11.6 Å². The van der Waals surface area contributed by atoms with Crippen LogP contribution >= 0.6 is 11.6 Å². The van der Waals surface area contributed by atoms with Gasteiger partial charge in [-0.2, -0.15) is 5.10 Å². The molecular weight excluding hydrogens is 401 g/mol. The molecule has 0 saturated carbocycles. The van der Waals surface area contributed by atoms with E-state index >= 15 is 0 Å². The third-order valence-electron chi connectivity index (χ3n) is 3.58. The zero-order chi connectivity index (χ0) is 20.6. The summed E-state index contributed by atoms with van der Waals surface area (Å²) in [6, 6.07) is 0.983.